The molecule has 0 fully saturated rings. The maximum absolute atomic E-state index is 11.2. The first-order chi connectivity index (χ1) is 10.6. The van der Waals surface area contributed by atoms with Gasteiger partial charge in [-0.1, -0.05) is 30.3 Å². The number of hydrazone groups is 1. The van der Waals surface area contributed by atoms with Crippen molar-refractivity contribution in [3.05, 3.63) is 35.9 Å². The summed E-state index contributed by atoms with van der Waals surface area (Å²) >= 11 is 0. The average molecular weight is 310 g/mol. The van der Waals surface area contributed by atoms with Crippen LogP contribution < -0.4 is 5.43 Å². The van der Waals surface area contributed by atoms with E-state index >= 15 is 0 Å². The molecule has 0 unspecified atom stereocenters. The Morgan fingerprint density at radius 1 is 1.09 bits per heavy atom. The van der Waals surface area contributed by atoms with Gasteiger partial charge in [0.2, 0.25) is 0 Å². The van der Waals surface area contributed by atoms with Crippen LogP contribution in [-0.4, -0.2) is 46.2 Å². The Kier molecular flexibility index (Phi) is 7.51. The van der Waals surface area contributed by atoms with Crippen LogP contribution in [0.1, 0.15) is 12.0 Å². The molecule has 0 saturated carbocycles. The Bertz CT molecular complexity index is 478. The van der Waals surface area contributed by atoms with E-state index in [-0.39, 0.29) is 0 Å². The summed E-state index contributed by atoms with van der Waals surface area (Å²) in [4.78, 5) is 11.2. The molecule has 7 heteroatoms. The van der Waals surface area contributed by atoms with E-state index in [1.807, 2.05) is 30.3 Å². The number of amides is 1. The fraction of sp³-hybridized carbons (Fsp3) is 0.467. The fourth-order valence-corrected chi connectivity index (χ4v) is 1.95. The first kappa shape index (κ1) is 18.1. The van der Waals surface area contributed by atoms with Crippen LogP contribution in [0.15, 0.2) is 35.4 Å². The minimum Gasteiger partial charge on any atom is -0.452 e. The number of nitrogens with zero attached hydrogens (tertiary/aromatic N) is 1. The monoisotopic (exact) mass is 310 g/mol. The summed E-state index contributed by atoms with van der Waals surface area (Å²) in [5.74, 6) is -1.46. The molecule has 0 spiro atoms. The van der Waals surface area contributed by atoms with Crippen LogP contribution in [0.2, 0.25) is 0 Å². The second kappa shape index (κ2) is 9.14. The highest BCUT2D eigenvalue weighted by molar-refractivity contribution is 5.91. The number of benzene rings is 1. The van der Waals surface area contributed by atoms with Gasteiger partial charge >= 0.3 is 12.1 Å². The normalized spacial score (nSPS) is 12.1. The molecule has 0 bridgehead atoms. The molecule has 1 aromatic carbocycles. The zero-order valence-electron chi connectivity index (χ0n) is 13.3. The second-order valence-corrected chi connectivity index (χ2v) is 4.32. The van der Waals surface area contributed by atoms with Gasteiger partial charge < -0.3 is 18.9 Å². The molecule has 1 amide bonds. The number of hydrogen-bond donors (Lipinski definition) is 1. The van der Waals surface area contributed by atoms with Gasteiger partial charge in [0.25, 0.3) is 0 Å². The van der Waals surface area contributed by atoms with E-state index in [9.17, 15) is 4.79 Å². The lowest BCUT2D eigenvalue weighted by Crippen LogP contribution is -2.46. The van der Waals surface area contributed by atoms with Gasteiger partial charge in [0, 0.05) is 21.3 Å². The van der Waals surface area contributed by atoms with Gasteiger partial charge in [0.15, 0.2) is 0 Å². The van der Waals surface area contributed by atoms with E-state index < -0.39 is 12.1 Å². The van der Waals surface area contributed by atoms with Crippen LogP contribution >= 0.6 is 0 Å². The van der Waals surface area contributed by atoms with Gasteiger partial charge in [-0.2, -0.15) is 5.10 Å². The van der Waals surface area contributed by atoms with E-state index in [2.05, 4.69) is 15.3 Å². The predicted octanol–water partition coefficient (Wildman–Crippen LogP) is 1.92. The molecular weight excluding hydrogens is 288 g/mol. The Labute approximate surface area is 130 Å². The lowest BCUT2D eigenvalue weighted by Gasteiger charge is -2.29. The van der Waals surface area contributed by atoms with Gasteiger partial charge in [-0.3, -0.25) is 0 Å². The lowest BCUT2D eigenvalue weighted by molar-refractivity contribution is -0.304. The predicted molar refractivity (Wildman–Crippen MR) is 81.5 cm³/mol. The number of ether oxygens (including phenoxy) is 4. The Balaban J connectivity index is 2.92. The van der Waals surface area contributed by atoms with E-state index in [1.165, 1.54) is 28.4 Å². The number of carbonyl (C=O) groups is 1. The summed E-state index contributed by atoms with van der Waals surface area (Å²) in [5.41, 5.74) is 3.76. The number of hydrogen-bond acceptors (Lipinski definition) is 6. The molecule has 122 valence electrons. The molecule has 1 aromatic rings. The lowest BCUT2D eigenvalue weighted by atomic mass is 10.1. The highest BCUT2D eigenvalue weighted by atomic mass is 16.9. The smallest absolute Gasteiger partial charge is 0.427 e. The van der Waals surface area contributed by atoms with Crippen molar-refractivity contribution in [3.63, 3.8) is 0 Å². The van der Waals surface area contributed by atoms with Crippen molar-refractivity contribution in [2.45, 2.75) is 18.8 Å². The third-order valence-corrected chi connectivity index (χ3v) is 3.12. The molecule has 7 nitrogen and oxygen atoms in total. The molecular formula is C15H22N2O5. The molecule has 0 aromatic heterocycles. The molecule has 1 rings (SSSR count). The molecule has 0 aliphatic carbocycles. The Hall–Kier alpha value is -1.96. The van der Waals surface area contributed by atoms with Crippen molar-refractivity contribution < 1.29 is 23.7 Å². The standard InChI is InChI=1S/C15H22N2O5/c1-19-14(18)17-16-13(15(20-2,21-3)22-4)11-10-12-8-6-5-7-9-12/h5-9H,10-11H2,1-4H3,(H,17,18)/b16-13-. The molecule has 0 aliphatic heterocycles. The van der Waals surface area contributed by atoms with Gasteiger partial charge in [-0.25, -0.2) is 10.2 Å². The van der Waals surface area contributed by atoms with Gasteiger partial charge in [-0.15, -0.1) is 0 Å². The maximum Gasteiger partial charge on any atom is 0.427 e. The van der Waals surface area contributed by atoms with Crippen LogP contribution in [0.3, 0.4) is 0 Å². The van der Waals surface area contributed by atoms with Crippen molar-refractivity contribution in [2.75, 3.05) is 28.4 Å². The van der Waals surface area contributed by atoms with Crippen molar-refractivity contribution in [1.29, 1.82) is 0 Å². The maximum atomic E-state index is 11.2. The van der Waals surface area contributed by atoms with Crippen LogP contribution in [0, 0.1) is 0 Å². The highest BCUT2D eigenvalue weighted by Crippen LogP contribution is 2.19. The number of methoxy groups -OCH3 is 4. The fourth-order valence-electron chi connectivity index (χ4n) is 1.95. The van der Waals surface area contributed by atoms with Crippen molar-refractivity contribution >= 4 is 11.8 Å². The number of nitrogens with one attached hydrogen (secondary N) is 1. The minimum absolute atomic E-state index is 0.384. The van der Waals surface area contributed by atoms with E-state index in [1.54, 1.807) is 0 Å². The highest BCUT2D eigenvalue weighted by Gasteiger charge is 2.37. The first-order valence-corrected chi connectivity index (χ1v) is 6.72. The van der Waals surface area contributed by atoms with Crippen molar-refractivity contribution in [2.24, 2.45) is 5.10 Å². The van der Waals surface area contributed by atoms with Crippen LogP contribution in [0.25, 0.3) is 0 Å². The summed E-state index contributed by atoms with van der Waals surface area (Å²) in [6, 6.07) is 9.85. The third-order valence-electron chi connectivity index (χ3n) is 3.12. The van der Waals surface area contributed by atoms with Crippen LogP contribution in [-0.2, 0) is 25.4 Å². The number of rotatable bonds is 8. The molecule has 0 aliphatic rings. The van der Waals surface area contributed by atoms with Crippen LogP contribution in [0.5, 0.6) is 0 Å². The largest absolute Gasteiger partial charge is 0.452 e. The Morgan fingerprint density at radius 2 is 1.68 bits per heavy atom. The third kappa shape index (κ3) is 4.80. The summed E-state index contributed by atoms with van der Waals surface area (Å²) in [6.07, 6.45) is 0.457. The zero-order chi connectivity index (χ0) is 16.4. The number of carbonyl (C=O) groups excluding carboxylic acids is 1. The van der Waals surface area contributed by atoms with E-state index in [0.717, 1.165) is 5.56 Å². The topological polar surface area (TPSA) is 78.4 Å². The summed E-state index contributed by atoms with van der Waals surface area (Å²) in [6.45, 7) is 0. The van der Waals surface area contributed by atoms with Gasteiger partial charge in [-0.05, 0) is 18.4 Å². The molecule has 0 saturated heterocycles. The minimum atomic E-state index is -1.46. The van der Waals surface area contributed by atoms with E-state index in [0.29, 0.717) is 18.6 Å². The molecule has 0 heterocycles. The number of aryl methyl sites for hydroxylation is 1. The van der Waals surface area contributed by atoms with Crippen molar-refractivity contribution in [1.82, 2.24) is 5.43 Å². The zero-order valence-corrected chi connectivity index (χ0v) is 13.3. The summed E-state index contributed by atoms with van der Waals surface area (Å²) in [5, 5.41) is 4.01. The summed E-state index contributed by atoms with van der Waals surface area (Å²) < 4.78 is 20.4. The van der Waals surface area contributed by atoms with E-state index in [4.69, 9.17) is 14.2 Å². The molecule has 1 N–H and O–H groups in total. The SMILES string of the molecule is COC(=O)N/N=C(/CCc1ccccc1)C(OC)(OC)OC. The quantitative estimate of drug-likeness (QED) is 0.451. The molecule has 0 radical (unpaired) electrons. The molecule has 0 atom stereocenters. The summed E-state index contributed by atoms with van der Waals surface area (Å²) in [7, 11) is 5.56. The van der Waals surface area contributed by atoms with Crippen molar-refractivity contribution in [3.8, 4) is 0 Å². The molecule has 22 heavy (non-hydrogen) atoms. The second-order valence-electron chi connectivity index (χ2n) is 4.32. The average Bonchev–Trinajstić information content (AvgIpc) is 2.58. The Morgan fingerprint density at radius 3 is 2.18 bits per heavy atom. The van der Waals surface area contributed by atoms with Gasteiger partial charge in [0.05, 0.1) is 7.11 Å². The van der Waals surface area contributed by atoms with Gasteiger partial charge in [0.1, 0.15) is 5.71 Å². The van der Waals surface area contributed by atoms with Crippen LogP contribution in [0.4, 0.5) is 4.79 Å². The first-order valence-electron chi connectivity index (χ1n) is 6.72.